The van der Waals surface area contributed by atoms with Crippen LogP contribution in [0.1, 0.15) is 53.4 Å². The SMILES string of the molecule is CC(C)C(C)CCC(C)C1CCOCC1. The van der Waals surface area contributed by atoms with Crippen molar-refractivity contribution in [2.75, 3.05) is 13.2 Å². The molecule has 1 aliphatic heterocycles. The Morgan fingerprint density at radius 2 is 1.60 bits per heavy atom. The van der Waals surface area contributed by atoms with Gasteiger partial charge in [-0.15, -0.1) is 0 Å². The Hall–Kier alpha value is -0.0400. The molecule has 0 radical (unpaired) electrons. The molecule has 0 saturated carbocycles. The average Bonchev–Trinajstić information content (AvgIpc) is 2.26. The number of ether oxygens (including phenoxy) is 1. The highest BCUT2D eigenvalue weighted by Crippen LogP contribution is 2.29. The van der Waals surface area contributed by atoms with Crippen molar-refractivity contribution >= 4 is 0 Å². The van der Waals surface area contributed by atoms with E-state index in [1.165, 1.54) is 25.7 Å². The van der Waals surface area contributed by atoms with Gasteiger partial charge in [-0.05, 0) is 36.5 Å². The van der Waals surface area contributed by atoms with Gasteiger partial charge in [-0.3, -0.25) is 0 Å². The van der Waals surface area contributed by atoms with Crippen LogP contribution in [0.3, 0.4) is 0 Å². The van der Waals surface area contributed by atoms with Crippen molar-refractivity contribution in [3.63, 3.8) is 0 Å². The molecule has 1 heterocycles. The molecule has 0 aromatic heterocycles. The quantitative estimate of drug-likeness (QED) is 0.666. The fraction of sp³-hybridized carbons (Fsp3) is 1.00. The van der Waals surface area contributed by atoms with Crippen molar-refractivity contribution < 1.29 is 4.74 Å². The van der Waals surface area contributed by atoms with E-state index in [1.54, 1.807) is 0 Å². The summed E-state index contributed by atoms with van der Waals surface area (Å²) in [7, 11) is 0. The molecule has 0 aromatic rings. The minimum absolute atomic E-state index is 0.840. The normalized spacial score (nSPS) is 23.0. The molecule has 0 N–H and O–H groups in total. The van der Waals surface area contributed by atoms with Gasteiger partial charge in [0.15, 0.2) is 0 Å². The minimum Gasteiger partial charge on any atom is -0.381 e. The van der Waals surface area contributed by atoms with Gasteiger partial charge in [0, 0.05) is 13.2 Å². The second-order valence-electron chi connectivity index (χ2n) is 5.73. The van der Waals surface area contributed by atoms with Gasteiger partial charge in [0.05, 0.1) is 0 Å². The summed E-state index contributed by atoms with van der Waals surface area (Å²) in [5, 5.41) is 0. The first-order valence-electron chi connectivity index (χ1n) is 6.69. The zero-order chi connectivity index (χ0) is 11.3. The highest BCUT2D eigenvalue weighted by molar-refractivity contribution is 4.71. The van der Waals surface area contributed by atoms with Gasteiger partial charge in [0.2, 0.25) is 0 Å². The monoisotopic (exact) mass is 212 g/mol. The summed E-state index contributed by atoms with van der Waals surface area (Å²) in [6, 6.07) is 0. The molecule has 1 heteroatoms. The van der Waals surface area contributed by atoms with Gasteiger partial charge in [-0.25, -0.2) is 0 Å². The molecule has 2 atom stereocenters. The van der Waals surface area contributed by atoms with E-state index in [4.69, 9.17) is 4.74 Å². The Morgan fingerprint density at radius 1 is 1.00 bits per heavy atom. The van der Waals surface area contributed by atoms with Crippen LogP contribution in [0.25, 0.3) is 0 Å². The first-order chi connectivity index (χ1) is 7.11. The molecule has 90 valence electrons. The van der Waals surface area contributed by atoms with E-state index in [0.717, 1.165) is 36.9 Å². The molecule has 1 aliphatic rings. The van der Waals surface area contributed by atoms with Gasteiger partial charge in [0.25, 0.3) is 0 Å². The van der Waals surface area contributed by atoms with Crippen LogP contribution in [0.5, 0.6) is 0 Å². The Balaban J connectivity index is 2.19. The molecular formula is C14H28O. The van der Waals surface area contributed by atoms with Crippen LogP contribution in [0.15, 0.2) is 0 Å². The van der Waals surface area contributed by atoms with Crippen LogP contribution in [-0.4, -0.2) is 13.2 Å². The van der Waals surface area contributed by atoms with E-state index in [-0.39, 0.29) is 0 Å². The van der Waals surface area contributed by atoms with Crippen molar-refractivity contribution in [2.45, 2.75) is 53.4 Å². The van der Waals surface area contributed by atoms with Crippen LogP contribution in [0, 0.1) is 23.7 Å². The summed E-state index contributed by atoms with van der Waals surface area (Å²) in [5.74, 6) is 3.55. The average molecular weight is 212 g/mol. The molecule has 1 nitrogen and oxygen atoms in total. The Morgan fingerprint density at radius 3 is 2.13 bits per heavy atom. The summed E-state index contributed by atoms with van der Waals surface area (Å²) in [6.45, 7) is 11.5. The van der Waals surface area contributed by atoms with Crippen LogP contribution < -0.4 is 0 Å². The lowest BCUT2D eigenvalue weighted by atomic mass is 9.81. The van der Waals surface area contributed by atoms with Gasteiger partial charge in [-0.1, -0.05) is 40.5 Å². The van der Waals surface area contributed by atoms with Crippen molar-refractivity contribution in [2.24, 2.45) is 23.7 Å². The van der Waals surface area contributed by atoms with Crippen molar-refractivity contribution in [1.82, 2.24) is 0 Å². The molecular weight excluding hydrogens is 184 g/mol. The molecule has 0 amide bonds. The lowest BCUT2D eigenvalue weighted by molar-refractivity contribution is 0.0468. The molecule has 2 unspecified atom stereocenters. The fourth-order valence-corrected chi connectivity index (χ4v) is 2.38. The zero-order valence-electron chi connectivity index (χ0n) is 11.0. The highest BCUT2D eigenvalue weighted by atomic mass is 16.5. The third kappa shape index (κ3) is 4.55. The van der Waals surface area contributed by atoms with Crippen molar-refractivity contribution in [3.05, 3.63) is 0 Å². The summed E-state index contributed by atoms with van der Waals surface area (Å²) in [4.78, 5) is 0. The standard InChI is InChI=1S/C14H28O/c1-11(2)12(3)5-6-13(4)14-7-9-15-10-8-14/h11-14H,5-10H2,1-4H3. The Kier molecular flexibility index (Phi) is 5.66. The lowest BCUT2D eigenvalue weighted by Crippen LogP contribution is -2.22. The Labute approximate surface area is 95.6 Å². The second-order valence-corrected chi connectivity index (χ2v) is 5.73. The van der Waals surface area contributed by atoms with Crippen molar-refractivity contribution in [1.29, 1.82) is 0 Å². The van der Waals surface area contributed by atoms with Gasteiger partial charge in [0.1, 0.15) is 0 Å². The predicted octanol–water partition coefficient (Wildman–Crippen LogP) is 4.12. The van der Waals surface area contributed by atoms with Gasteiger partial charge >= 0.3 is 0 Å². The van der Waals surface area contributed by atoms with Crippen LogP contribution in [-0.2, 0) is 4.74 Å². The molecule has 1 saturated heterocycles. The zero-order valence-corrected chi connectivity index (χ0v) is 11.0. The van der Waals surface area contributed by atoms with E-state index in [9.17, 15) is 0 Å². The summed E-state index contributed by atoms with van der Waals surface area (Å²) in [5.41, 5.74) is 0. The Bertz CT molecular complexity index is 159. The minimum atomic E-state index is 0.840. The molecule has 15 heavy (non-hydrogen) atoms. The maximum Gasteiger partial charge on any atom is 0.0468 e. The van der Waals surface area contributed by atoms with E-state index >= 15 is 0 Å². The second kappa shape index (κ2) is 6.52. The van der Waals surface area contributed by atoms with Gasteiger partial charge in [-0.2, -0.15) is 0 Å². The van der Waals surface area contributed by atoms with E-state index < -0.39 is 0 Å². The van der Waals surface area contributed by atoms with Crippen LogP contribution in [0.2, 0.25) is 0 Å². The fourth-order valence-electron chi connectivity index (χ4n) is 2.38. The number of hydrogen-bond donors (Lipinski definition) is 0. The van der Waals surface area contributed by atoms with E-state index in [1.807, 2.05) is 0 Å². The van der Waals surface area contributed by atoms with E-state index in [0.29, 0.717) is 0 Å². The van der Waals surface area contributed by atoms with Gasteiger partial charge < -0.3 is 4.74 Å². The molecule has 0 bridgehead atoms. The third-order valence-electron chi connectivity index (χ3n) is 4.29. The molecule has 0 aliphatic carbocycles. The summed E-state index contributed by atoms with van der Waals surface area (Å²) < 4.78 is 5.41. The molecule has 0 spiro atoms. The first-order valence-corrected chi connectivity index (χ1v) is 6.69. The molecule has 1 rings (SSSR count). The maximum atomic E-state index is 5.41. The lowest BCUT2D eigenvalue weighted by Gasteiger charge is -2.29. The molecule has 1 fully saturated rings. The first kappa shape index (κ1) is 13.0. The third-order valence-corrected chi connectivity index (χ3v) is 4.29. The smallest absolute Gasteiger partial charge is 0.0468 e. The summed E-state index contributed by atoms with van der Waals surface area (Å²) in [6.07, 6.45) is 5.38. The van der Waals surface area contributed by atoms with Crippen LogP contribution in [0.4, 0.5) is 0 Å². The number of hydrogen-bond acceptors (Lipinski definition) is 1. The number of rotatable bonds is 5. The summed E-state index contributed by atoms with van der Waals surface area (Å²) >= 11 is 0. The largest absolute Gasteiger partial charge is 0.381 e. The van der Waals surface area contributed by atoms with Crippen LogP contribution >= 0.6 is 0 Å². The van der Waals surface area contributed by atoms with E-state index in [2.05, 4.69) is 27.7 Å². The van der Waals surface area contributed by atoms with Crippen molar-refractivity contribution in [3.8, 4) is 0 Å². The predicted molar refractivity (Wildman–Crippen MR) is 65.9 cm³/mol. The highest BCUT2D eigenvalue weighted by Gasteiger charge is 2.21. The topological polar surface area (TPSA) is 9.23 Å². The maximum absolute atomic E-state index is 5.41. The molecule has 0 aromatic carbocycles.